The fourth-order valence-corrected chi connectivity index (χ4v) is 4.80. The van der Waals surface area contributed by atoms with E-state index in [1.165, 1.54) is 30.2 Å². The van der Waals surface area contributed by atoms with Gasteiger partial charge in [0.15, 0.2) is 0 Å². The molecule has 0 heterocycles. The van der Waals surface area contributed by atoms with Crippen molar-refractivity contribution in [1.29, 1.82) is 0 Å². The van der Waals surface area contributed by atoms with E-state index in [-0.39, 0.29) is 5.56 Å². The molecule has 0 aliphatic heterocycles. The molecule has 218 valence electrons. The van der Waals surface area contributed by atoms with Gasteiger partial charge in [-0.15, -0.1) is 0 Å². The highest BCUT2D eigenvalue weighted by atomic mass is 19.3. The molecule has 0 aliphatic rings. The lowest BCUT2D eigenvalue weighted by Crippen LogP contribution is -2.25. The molecule has 2 aromatic rings. The molecule has 40 heavy (non-hydrogen) atoms. The van der Waals surface area contributed by atoms with Crippen LogP contribution >= 0.6 is 0 Å². The molecule has 2 aromatic carbocycles. The van der Waals surface area contributed by atoms with Gasteiger partial charge in [0.25, 0.3) is 5.92 Å². The number of nitrogens with zero attached hydrogens (tertiary/aromatic N) is 2. The Kier molecular flexibility index (Phi) is 13.5. The van der Waals surface area contributed by atoms with Crippen molar-refractivity contribution in [2.45, 2.75) is 73.1 Å². The average Bonchev–Trinajstić information content (AvgIpc) is 2.93. The van der Waals surface area contributed by atoms with Crippen molar-refractivity contribution in [1.82, 2.24) is 4.90 Å². The van der Waals surface area contributed by atoms with Crippen LogP contribution in [-0.2, 0) is 12.3 Å². The molecule has 0 fully saturated rings. The number of alkyl halides is 3. The Hall–Kier alpha value is -3.05. The van der Waals surface area contributed by atoms with Gasteiger partial charge in [0, 0.05) is 35.1 Å². The van der Waals surface area contributed by atoms with Gasteiger partial charge in [0.05, 0.1) is 0 Å². The lowest BCUT2D eigenvalue weighted by atomic mass is 9.97. The normalized spacial score (nSPS) is 13.2. The Morgan fingerprint density at radius 3 is 2.35 bits per heavy atom. The van der Waals surface area contributed by atoms with E-state index >= 15 is 0 Å². The second-order valence-electron chi connectivity index (χ2n) is 10.4. The molecule has 0 bridgehead atoms. The van der Waals surface area contributed by atoms with Gasteiger partial charge < -0.3 is 9.80 Å². The lowest BCUT2D eigenvalue weighted by molar-refractivity contribution is 0.0174. The van der Waals surface area contributed by atoms with Gasteiger partial charge in [-0.3, -0.25) is 0 Å². The van der Waals surface area contributed by atoms with Crippen LogP contribution in [-0.4, -0.2) is 31.2 Å². The highest BCUT2D eigenvalue weighted by Crippen LogP contribution is 2.34. The smallest absolute Gasteiger partial charge is 0.270 e. The van der Waals surface area contributed by atoms with Crippen molar-refractivity contribution < 1.29 is 13.2 Å². The summed E-state index contributed by atoms with van der Waals surface area (Å²) >= 11 is 0. The summed E-state index contributed by atoms with van der Waals surface area (Å²) in [4.78, 5) is 4.55. The standard InChI is InChI=1S/C35H47F3N2/c1-8-22-39(10-3)23-12-11-15-30-16-14-19-33(25-30)40(28(5)9-2)29(6)34(27(4)20-21-36)26-31-17-13-18-32(24-31)35(7,37)38/h9,13-14,16-20,24-26H,6,8,10-12,15,21-23H2,1-5,7H3/b27-20+,28-9+,34-26+. The third-order valence-corrected chi connectivity index (χ3v) is 7.21. The average molecular weight is 553 g/mol. The van der Waals surface area contributed by atoms with Gasteiger partial charge in [0.2, 0.25) is 0 Å². The first-order valence-corrected chi connectivity index (χ1v) is 14.4. The number of unbranched alkanes of at least 4 members (excludes halogenated alkanes) is 1. The zero-order chi connectivity index (χ0) is 29.7. The number of hydrogen-bond acceptors (Lipinski definition) is 2. The summed E-state index contributed by atoms with van der Waals surface area (Å²) in [5.41, 5.74) is 5.76. The minimum absolute atomic E-state index is 0.0655. The van der Waals surface area contributed by atoms with E-state index in [9.17, 15) is 13.2 Å². The van der Waals surface area contributed by atoms with E-state index in [0.29, 0.717) is 22.4 Å². The minimum Gasteiger partial charge on any atom is -0.315 e. The van der Waals surface area contributed by atoms with Gasteiger partial charge in [-0.2, -0.15) is 0 Å². The van der Waals surface area contributed by atoms with E-state index in [1.807, 2.05) is 39.0 Å². The summed E-state index contributed by atoms with van der Waals surface area (Å²) in [6.45, 7) is 18.3. The molecule has 0 N–H and O–H groups in total. The van der Waals surface area contributed by atoms with Crippen molar-refractivity contribution in [3.8, 4) is 0 Å². The maximum atomic E-state index is 14.0. The number of benzene rings is 2. The number of hydrogen-bond donors (Lipinski definition) is 0. The van der Waals surface area contributed by atoms with Crippen LogP contribution in [0.3, 0.4) is 0 Å². The predicted molar refractivity (Wildman–Crippen MR) is 167 cm³/mol. The minimum atomic E-state index is -2.95. The molecule has 0 radical (unpaired) electrons. The van der Waals surface area contributed by atoms with Crippen molar-refractivity contribution in [2.24, 2.45) is 0 Å². The van der Waals surface area contributed by atoms with Gasteiger partial charge in [0.1, 0.15) is 6.67 Å². The molecule has 0 unspecified atom stereocenters. The third-order valence-electron chi connectivity index (χ3n) is 7.21. The number of aryl methyl sites for hydroxylation is 1. The summed E-state index contributed by atoms with van der Waals surface area (Å²) in [5, 5.41) is 0. The largest absolute Gasteiger partial charge is 0.315 e. The Labute approximate surface area is 240 Å². The summed E-state index contributed by atoms with van der Waals surface area (Å²) in [6.07, 6.45) is 9.73. The van der Waals surface area contributed by atoms with Gasteiger partial charge >= 0.3 is 0 Å². The zero-order valence-electron chi connectivity index (χ0n) is 25.2. The Morgan fingerprint density at radius 1 is 1.00 bits per heavy atom. The first-order valence-electron chi connectivity index (χ1n) is 14.4. The summed E-state index contributed by atoms with van der Waals surface area (Å²) in [6, 6.07) is 14.7. The van der Waals surface area contributed by atoms with Crippen molar-refractivity contribution >= 4 is 11.8 Å². The maximum absolute atomic E-state index is 14.0. The highest BCUT2D eigenvalue weighted by molar-refractivity contribution is 5.72. The first-order chi connectivity index (χ1) is 19.0. The molecular weight excluding hydrogens is 505 g/mol. The van der Waals surface area contributed by atoms with Crippen LogP contribution < -0.4 is 4.90 Å². The molecule has 0 saturated heterocycles. The van der Waals surface area contributed by atoms with Crippen molar-refractivity contribution in [3.63, 3.8) is 0 Å². The second-order valence-corrected chi connectivity index (χ2v) is 10.4. The second kappa shape index (κ2) is 16.3. The molecule has 5 heteroatoms. The monoisotopic (exact) mass is 552 g/mol. The Morgan fingerprint density at radius 2 is 1.73 bits per heavy atom. The number of allylic oxidation sites excluding steroid dienone is 4. The summed E-state index contributed by atoms with van der Waals surface area (Å²) < 4.78 is 41.5. The highest BCUT2D eigenvalue weighted by Gasteiger charge is 2.24. The molecule has 0 atom stereocenters. The quantitative estimate of drug-likeness (QED) is 0.151. The number of anilines is 1. The first kappa shape index (κ1) is 33.2. The topological polar surface area (TPSA) is 6.48 Å². The lowest BCUT2D eigenvalue weighted by Gasteiger charge is -2.30. The number of rotatable bonds is 16. The summed E-state index contributed by atoms with van der Waals surface area (Å²) in [5.74, 6) is -2.95. The summed E-state index contributed by atoms with van der Waals surface area (Å²) in [7, 11) is 0. The van der Waals surface area contributed by atoms with Crippen LogP contribution in [0.5, 0.6) is 0 Å². The zero-order valence-corrected chi connectivity index (χ0v) is 25.2. The fraction of sp³-hybridized carbons (Fsp3) is 0.429. The van der Waals surface area contributed by atoms with E-state index in [1.54, 1.807) is 12.1 Å². The van der Waals surface area contributed by atoms with Gasteiger partial charge in [-0.1, -0.05) is 62.9 Å². The number of halogens is 3. The van der Waals surface area contributed by atoms with E-state index in [2.05, 4.69) is 48.4 Å². The Balaban J connectivity index is 2.41. The van der Waals surface area contributed by atoms with E-state index in [0.717, 1.165) is 57.2 Å². The predicted octanol–water partition coefficient (Wildman–Crippen LogP) is 10.1. The van der Waals surface area contributed by atoms with Crippen LogP contribution in [0.15, 0.2) is 89.8 Å². The molecule has 0 amide bonds. The molecular formula is C35H47F3N2. The van der Waals surface area contributed by atoms with Gasteiger partial charge in [-0.25, -0.2) is 13.2 Å². The van der Waals surface area contributed by atoms with Crippen LogP contribution in [0.4, 0.5) is 18.9 Å². The molecule has 0 aliphatic carbocycles. The molecule has 2 nitrogen and oxygen atoms in total. The molecule has 2 rings (SSSR count). The van der Waals surface area contributed by atoms with Crippen molar-refractivity contribution in [3.05, 3.63) is 106 Å². The SMILES string of the molecule is C=C(C(=C/c1cccc(C(C)(F)F)c1)/C(C)=C/CF)N(/C(C)=C/C)c1cccc(CCCCN(CC)CCC)c1. The Bertz CT molecular complexity index is 1190. The maximum Gasteiger partial charge on any atom is 0.270 e. The van der Waals surface area contributed by atoms with Gasteiger partial charge in [-0.05, 0) is 107 Å². The van der Waals surface area contributed by atoms with Crippen LogP contribution in [0.25, 0.3) is 6.08 Å². The molecule has 0 spiro atoms. The third kappa shape index (κ3) is 9.85. The van der Waals surface area contributed by atoms with E-state index in [4.69, 9.17) is 0 Å². The van der Waals surface area contributed by atoms with Crippen LogP contribution in [0.2, 0.25) is 0 Å². The van der Waals surface area contributed by atoms with Crippen molar-refractivity contribution in [2.75, 3.05) is 31.2 Å². The van der Waals surface area contributed by atoms with Crippen LogP contribution in [0.1, 0.15) is 77.5 Å². The van der Waals surface area contributed by atoms with E-state index < -0.39 is 12.6 Å². The fourth-order valence-electron chi connectivity index (χ4n) is 4.80. The molecule has 0 aromatic heterocycles. The molecule has 0 saturated carbocycles. The van der Waals surface area contributed by atoms with Crippen LogP contribution in [0, 0.1) is 0 Å².